The molecule has 0 saturated heterocycles. The number of carbonyl (C=O) groups excluding carboxylic acids is 2. The van der Waals surface area contributed by atoms with E-state index in [9.17, 15) is 9.59 Å². The van der Waals surface area contributed by atoms with Gasteiger partial charge >= 0.3 is 5.97 Å². The molecular formula is C18H15Cl2NO4. The molecule has 2 aromatic carbocycles. The van der Waals surface area contributed by atoms with Crippen molar-refractivity contribution in [1.29, 1.82) is 0 Å². The van der Waals surface area contributed by atoms with Crippen molar-refractivity contribution in [2.45, 2.75) is 19.4 Å². The van der Waals surface area contributed by atoms with Crippen molar-refractivity contribution in [1.82, 2.24) is 0 Å². The van der Waals surface area contributed by atoms with Crippen LogP contribution in [0.15, 0.2) is 42.5 Å². The van der Waals surface area contributed by atoms with Gasteiger partial charge in [-0.05, 0) is 31.2 Å². The minimum absolute atomic E-state index is 0.00956. The molecule has 0 fully saturated rings. The molecule has 130 valence electrons. The van der Waals surface area contributed by atoms with Crippen LogP contribution < -0.4 is 14.4 Å². The van der Waals surface area contributed by atoms with Crippen molar-refractivity contribution < 1.29 is 19.1 Å². The maximum absolute atomic E-state index is 12.4. The van der Waals surface area contributed by atoms with Crippen LogP contribution in [0.5, 0.6) is 11.5 Å². The van der Waals surface area contributed by atoms with Crippen LogP contribution in [0.3, 0.4) is 0 Å². The minimum atomic E-state index is -0.603. The molecular weight excluding hydrogens is 365 g/mol. The largest absolute Gasteiger partial charge is 0.479 e. The first-order valence-electron chi connectivity index (χ1n) is 7.68. The summed E-state index contributed by atoms with van der Waals surface area (Å²) in [6.07, 6.45) is -0.594. The van der Waals surface area contributed by atoms with Crippen LogP contribution in [-0.4, -0.2) is 24.5 Å². The number of nitrogens with zero attached hydrogens (tertiary/aromatic N) is 1. The first kappa shape index (κ1) is 17.6. The second kappa shape index (κ2) is 7.33. The Morgan fingerprint density at radius 1 is 1.24 bits per heavy atom. The van der Waals surface area contributed by atoms with Crippen LogP contribution in [-0.2, 0) is 9.59 Å². The van der Waals surface area contributed by atoms with Gasteiger partial charge in [-0.15, -0.1) is 0 Å². The maximum Gasteiger partial charge on any atom is 0.313 e. The van der Waals surface area contributed by atoms with Gasteiger partial charge in [0.2, 0.25) is 0 Å². The highest BCUT2D eigenvalue weighted by molar-refractivity contribution is 6.34. The van der Waals surface area contributed by atoms with Gasteiger partial charge in [-0.3, -0.25) is 9.59 Å². The fourth-order valence-electron chi connectivity index (χ4n) is 2.52. The van der Waals surface area contributed by atoms with E-state index in [1.165, 1.54) is 11.0 Å². The second-order valence-electron chi connectivity index (χ2n) is 5.52. The summed E-state index contributed by atoms with van der Waals surface area (Å²) in [4.78, 5) is 26.0. The van der Waals surface area contributed by atoms with Crippen LogP contribution in [0.1, 0.15) is 13.3 Å². The third kappa shape index (κ3) is 3.89. The topological polar surface area (TPSA) is 55.8 Å². The number of anilines is 1. The Morgan fingerprint density at radius 3 is 2.80 bits per heavy atom. The average molecular weight is 380 g/mol. The number of hydrogen-bond donors (Lipinski definition) is 0. The lowest BCUT2D eigenvalue weighted by molar-refractivity contribution is -0.134. The number of benzene rings is 2. The van der Waals surface area contributed by atoms with E-state index in [-0.39, 0.29) is 24.6 Å². The molecule has 0 N–H and O–H groups in total. The van der Waals surface area contributed by atoms with E-state index in [4.69, 9.17) is 32.7 Å². The Balaban J connectivity index is 1.69. The van der Waals surface area contributed by atoms with Crippen LogP contribution in [0, 0.1) is 0 Å². The fraction of sp³-hybridized carbons (Fsp3) is 0.222. The Hall–Kier alpha value is -2.24. The molecule has 7 heteroatoms. The second-order valence-corrected chi connectivity index (χ2v) is 6.36. The molecule has 0 radical (unpaired) electrons. The number of amides is 1. The number of ether oxygens (including phenoxy) is 2. The normalized spacial score (nSPS) is 16.2. The lowest BCUT2D eigenvalue weighted by Gasteiger charge is -2.32. The summed E-state index contributed by atoms with van der Waals surface area (Å²) in [6, 6.07) is 11.8. The Labute approximate surface area is 155 Å². The van der Waals surface area contributed by atoms with E-state index in [1.807, 2.05) is 12.1 Å². The quantitative estimate of drug-likeness (QED) is 0.592. The SMILES string of the molecule is CC1Oc2ccccc2N(CCC(=O)Oc2cc(Cl)ccc2Cl)C1=O. The number of para-hydroxylation sites is 2. The molecule has 5 nitrogen and oxygen atoms in total. The van der Waals surface area contributed by atoms with E-state index in [2.05, 4.69) is 0 Å². The molecule has 1 amide bonds. The van der Waals surface area contributed by atoms with Crippen molar-refractivity contribution >= 4 is 40.8 Å². The van der Waals surface area contributed by atoms with Crippen molar-refractivity contribution in [3.8, 4) is 11.5 Å². The molecule has 0 saturated carbocycles. The standard InChI is InChI=1S/C18H15Cl2NO4/c1-11-18(23)21(14-4-2-3-5-15(14)24-11)9-8-17(22)25-16-10-12(19)6-7-13(16)20/h2-7,10-11H,8-9H2,1H3. The zero-order valence-corrected chi connectivity index (χ0v) is 14.9. The number of carbonyl (C=O) groups is 2. The first-order chi connectivity index (χ1) is 12.0. The van der Waals surface area contributed by atoms with E-state index >= 15 is 0 Å². The third-order valence-electron chi connectivity index (χ3n) is 3.73. The molecule has 1 atom stereocenters. The molecule has 0 aliphatic carbocycles. The van der Waals surface area contributed by atoms with Gasteiger partial charge in [-0.25, -0.2) is 0 Å². The number of esters is 1. The van der Waals surface area contributed by atoms with Gasteiger partial charge in [0.25, 0.3) is 5.91 Å². The van der Waals surface area contributed by atoms with Gasteiger partial charge < -0.3 is 14.4 Å². The summed E-state index contributed by atoms with van der Waals surface area (Å²) in [7, 11) is 0. The van der Waals surface area contributed by atoms with E-state index < -0.39 is 12.1 Å². The number of fused-ring (bicyclic) bond motifs is 1. The van der Waals surface area contributed by atoms with Crippen LogP contribution in [0.25, 0.3) is 0 Å². The van der Waals surface area contributed by atoms with Crippen molar-refractivity contribution in [3.63, 3.8) is 0 Å². The summed E-state index contributed by atoms with van der Waals surface area (Å²) in [5, 5.41) is 0.706. The van der Waals surface area contributed by atoms with Crippen LogP contribution >= 0.6 is 23.2 Å². The van der Waals surface area contributed by atoms with Gasteiger partial charge in [-0.2, -0.15) is 0 Å². The molecule has 1 heterocycles. The number of rotatable bonds is 4. The summed E-state index contributed by atoms with van der Waals surface area (Å²) in [5.74, 6) is 0.1000. The molecule has 1 unspecified atom stereocenters. The Bertz CT molecular complexity index is 824. The summed E-state index contributed by atoms with van der Waals surface area (Å²) in [5.41, 5.74) is 0.638. The zero-order chi connectivity index (χ0) is 18.0. The van der Waals surface area contributed by atoms with E-state index in [0.717, 1.165) is 0 Å². The van der Waals surface area contributed by atoms with Gasteiger partial charge in [0.15, 0.2) is 11.9 Å². The lowest BCUT2D eigenvalue weighted by atomic mass is 10.2. The zero-order valence-electron chi connectivity index (χ0n) is 13.4. The van der Waals surface area contributed by atoms with Crippen molar-refractivity contribution in [3.05, 3.63) is 52.5 Å². The number of halogens is 2. The molecule has 3 rings (SSSR count). The fourth-order valence-corrected chi connectivity index (χ4v) is 2.84. The van der Waals surface area contributed by atoms with Crippen LogP contribution in [0.4, 0.5) is 5.69 Å². The van der Waals surface area contributed by atoms with E-state index in [1.54, 1.807) is 31.2 Å². The highest BCUT2D eigenvalue weighted by Gasteiger charge is 2.31. The first-order valence-corrected chi connectivity index (χ1v) is 8.44. The Kier molecular flexibility index (Phi) is 5.16. The molecule has 25 heavy (non-hydrogen) atoms. The smallest absolute Gasteiger partial charge is 0.313 e. The molecule has 2 aromatic rings. The number of hydrogen-bond acceptors (Lipinski definition) is 4. The predicted molar refractivity (Wildman–Crippen MR) is 95.6 cm³/mol. The van der Waals surface area contributed by atoms with Gasteiger partial charge in [0.1, 0.15) is 5.75 Å². The molecule has 0 spiro atoms. The van der Waals surface area contributed by atoms with Gasteiger partial charge in [-0.1, -0.05) is 35.3 Å². The highest BCUT2D eigenvalue weighted by atomic mass is 35.5. The van der Waals surface area contributed by atoms with Crippen molar-refractivity contribution in [2.24, 2.45) is 0 Å². The monoisotopic (exact) mass is 379 g/mol. The highest BCUT2D eigenvalue weighted by Crippen LogP contribution is 2.34. The molecule has 1 aliphatic rings. The summed E-state index contributed by atoms with van der Waals surface area (Å²) in [6.45, 7) is 1.86. The van der Waals surface area contributed by atoms with E-state index in [0.29, 0.717) is 21.5 Å². The lowest BCUT2D eigenvalue weighted by Crippen LogP contribution is -2.45. The third-order valence-corrected chi connectivity index (χ3v) is 4.28. The van der Waals surface area contributed by atoms with Gasteiger partial charge in [0, 0.05) is 17.6 Å². The molecule has 0 aromatic heterocycles. The van der Waals surface area contributed by atoms with Gasteiger partial charge in [0.05, 0.1) is 17.1 Å². The van der Waals surface area contributed by atoms with Crippen LogP contribution in [0.2, 0.25) is 10.0 Å². The predicted octanol–water partition coefficient (Wildman–Crippen LogP) is 4.10. The summed E-state index contributed by atoms with van der Waals surface area (Å²) < 4.78 is 10.8. The Morgan fingerprint density at radius 2 is 2.00 bits per heavy atom. The summed E-state index contributed by atoms with van der Waals surface area (Å²) >= 11 is 11.9. The minimum Gasteiger partial charge on any atom is -0.479 e. The van der Waals surface area contributed by atoms with Crippen molar-refractivity contribution in [2.75, 3.05) is 11.4 Å². The maximum atomic E-state index is 12.4. The molecule has 0 bridgehead atoms. The average Bonchev–Trinajstić information content (AvgIpc) is 2.58. The molecule has 1 aliphatic heterocycles.